The molecule has 2 aromatic rings. The zero-order valence-corrected chi connectivity index (χ0v) is 17.7. The number of rotatable bonds is 8. The first-order valence-electron chi connectivity index (χ1n) is 9.68. The summed E-state index contributed by atoms with van der Waals surface area (Å²) in [4.78, 5) is 25.8. The summed E-state index contributed by atoms with van der Waals surface area (Å²) in [5, 5.41) is 4.06. The van der Waals surface area contributed by atoms with E-state index in [2.05, 4.69) is 5.32 Å². The number of hydrogen-bond donors (Lipinski definition) is 1. The number of carbonyl (C=O) groups excluding carboxylic acids is 2. The van der Waals surface area contributed by atoms with Crippen molar-refractivity contribution in [3.05, 3.63) is 45.1 Å². The first-order chi connectivity index (χ1) is 14.8. The van der Waals surface area contributed by atoms with Crippen LogP contribution in [0.2, 0.25) is 0 Å². The Balaban J connectivity index is 1.65. The van der Waals surface area contributed by atoms with Gasteiger partial charge in [0.2, 0.25) is 0 Å². The lowest BCUT2D eigenvalue weighted by Crippen LogP contribution is -2.22. The standard InChI is InChI=1S/C21H22F3NO5S/c1-28-8-9-29-17-7-6-13(21(22,23)24)10-16(17)25-19(26)11-30-20(27)15-12-31-18-5-3-2-4-14(15)18/h6-7,10,12H,2-5,8-9,11H2,1H3,(H,25,26). The van der Waals surface area contributed by atoms with Crippen LogP contribution in [0, 0.1) is 0 Å². The minimum Gasteiger partial charge on any atom is -0.489 e. The predicted octanol–water partition coefficient (Wildman–Crippen LogP) is 4.47. The first-order valence-corrected chi connectivity index (χ1v) is 10.6. The molecule has 10 heteroatoms. The van der Waals surface area contributed by atoms with Crippen molar-refractivity contribution < 1.29 is 37.0 Å². The summed E-state index contributed by atoms with van der Waals surface area (Å²) in [7, 11) is 1.46. The Hall–Kier alpha value is -2.59. The number of hydrogen-bond acceptors (Lipinski definition) is 6. The highest BCUT2D eigenvalue weighted by molar-refractivity contribution is 7.10. The van der Waals surface area contributed by atoms with E-state index in [1.807, 2.05) is 0 Å². The fourth-order valence-electron chi connectivity index (χ4n) is 3.23. The maximum atomic E-state index is 13.1. The largest absolute Gasteiger partial charge is 0.489 e. The number of aryl methyl sites for hydroxylation is 1. The Kier molecular flexibility index (Phi) is 7.55. The van der Waals surface area contributed by atoms with Crippen molar-refractivity contribution in [2.45, 2.75) is 31.9 Å². The number of alkyl halides is 3. The van der Waals surface area contributed by atoms with Gasteiger partial charge in [0.15, 0.2) is 6.61 Å². The highest BCUT2D eigenvalue weighted by Crippen LogP contribution is 2.35. The third-order valence-electron chi connectivity index (χ3n) is 4.74. The summed E-state index contributed by atoms with van der Waals surface area (Å²) in [5.41, 5.74) is 0.312. The number of fused-ring (bicyclic) bond motifs is 1. The van der Waals surface area contributed by atoms with Crippen molar-refractivity contribution in [3.8, 4) is 5.75 Å². The SMILES string of the molecule is COCCOc1ccc(C(F)(F)F)cc1NC(=O)COC(=O)c1csc2c1CCCC2. The predicted molar refractivity (Wildman–Crippen MR) is 109 cm³/mol. The van der Waals surface area contributed by atoms with Crippen molar-refractivity contribution in [3.63, 3.8) is 0 Å². The summed E-state index contributed by atoms with van der Waals surface area (Å²) in [5.74, 6) is -1.33. The molecule has 0 saturated carbocycles. The summed E-state index contributed by atoms with van der Waals surface area (Å²) < 4.78 is 54.5. The number of amides is 1. The number of benzene rings is 1. The van der Waals surface area contributed by atoms with Crippen molar-refractivity contribution in [1.29, 1.82) is 0 Å². The number of carbonyl (C=O) groups is 2. The molecule has 0 fully saturated rings. The van der Waals surface area contributed by atoms with Gasteiger partial charge in [-0.25, -0.2) is 4.79 Å². The second-order valence-corrected chi connectivity index (χ2v) is 7.90. The van der Waals surface area contributed by atoms with Crippen LogP contribution in [0.15, 0.2) is 23.6 Å². The zero-order valence-electron chi connectivity index (χ0n) is 16.8. The van der Waals surface area contributed by atoms with Gasteiger partial charge in [-0.3, -0.25) is 4.79 Å². The Morgan fingerprint density at radius 2 is 1.94 bits per heavy atom. The molecule has 0 radical (unpaired) electrons. The van der Waals surface area contributed by atoms with Gasteiger partial charge in [-0.1, -0.05) is 0 Å². The van der Waals surface area contributed by atoms with Crippen LogP contribution in [-0.4, -0.2) is 38.8 Å². The van der Waals surface area contributed by atoms with E-state index in [4.69, 9.17) is 14.2 Å². The van der Waals surface area contributed by atoms with Crippen LogP contribution in [0.25, 0.3) is 0 Å². The van der Waals surface area contributed by atoms with Crippen LogP contribution in [0.5, 0.6) is 5.75 Å². The number of halogens is 3. The lowest BCUT2D eigenvalue weighted by atomic mass is 9.96. The third-order valence-corrected chi connectivity index (χ3v) is 5.83. The van der Waals surface area contributed by atoms with Crippen LogP contribution in [-0.2, 0) is 33.3 Å². The molecule has 31 heavy (non-hydrogen) atoms. The molecule has 1 aromatic carbocycles. The number of nitrogens with one attached hydrogen (secondary N) is 1. The van der Waals surface area contributed by atoms with Crippen molar-refractivity contribution in [2.24, 2.45) is 0 Å². The molecule has 1 amide bonds. The molecule has 1 aliphatic rings. The number of methoxy groups -OCH3 is 1. The second-order valence-electron chi connectivity index (χ2n) is 6.93. The zero-order chi connectivity index (χ0) is 22.4. The van der Waals surface area contributed by atoms with E-state index < -0.39 is 30.2 Å². The fraction of sp³-hybridized carbons (Fsp3) is 0.429. The molecule has 1 aromatic heterocycles. The molecule has 168 valence electrons. The number of thiophene rings is 1. The molecule has 0 saturated heterocycles. The fourth-order valence-corrected chi connectivity index (χ4v) is 4.34. The van der Waals surface area contributed by atoms with E-state index in [0.717, 1.165) is 54.3 Å². The molecular weight excluding hydrogens is 435 g/mol. The smallest absolute Gasteiger partial charge is 0.416 e. The Morgan fingerprint density at radius 1 is 1.16 bits per heavy atom. The monoisotopic (exact) mass is 457 g/mol. The van der Waals surface area contributed by atoms with Crippen LogP contribution in [0.1, 0.15) is 39.2 Å². The Bertz CT molecular complexity index is 942. The van der Waals surface area contributed by atoms with Gasteiger partial charge in [0.25, 0.3) is 5.91 Å². The lowest BCUT2D eigenvalue weighted by molar-refractivity contribution is -0.137. The second kappa shape index (κ2) is 10.1. The van der Waals surface area contributed by atoms with E-state index in [0.29, 0.717) is 5.56 Å². The molecular formula is C21H22F3NO5S. The summed E-state index contributed by atoms with van der Waals surface area (Å²) in [6.07, 6.45) is -0.797. The molecule has 0 unspecified atom stereocenters. The van der Waals surface area contributed by atoms with E-state index in [-0.39, 0.29) is 24.7 Å². The quantitative estimate of drug-likeness (QED) is 0.468. The highest BCUT2D eigenvalue weighted by Gasteiger charge is 2.31. The van der Waals surface area contributed by atoms with Crippen LogP contribution in [0.3, 0.4) is 0 Å². The van der Waals surface area contributed by atoms with Crippen molar-refractivity contribution >= 4 is 28.9 Å². The average Bonchev–Trinajstić information content (AvgIpc) is 3.17. The topological polar surface area (TPSA) is 73.9 Å². The summed E-state index contributed by atoms with van der Waals surface area (Å²) >= 11 is 1.50. The van der Waals surface area contributed by atoms with E-state index in [1.165, 1.54) is 18.4 Å². The molecule has 0 atom stereocenters. The molecule has 1 aliphatic carbocycles. The first kappa shape index (κ1) is 23.1. The minimum atomic E-state index is -4.59. The van der Waals surface area contributed by atoms with Gasteiger partial charge in [-0.15, -0.1) is 11.3 Å². The van der Waals surface area contributed by atoms with Gasteiger partial charge in [0.05, 0.1) is 23.4 Å². The lowest BCUT2D eigenvalue weighted by Gasteiger charge is -2.15. The van der Waals surface area contributed by atoms with Gasteiger partial charge in [0, 0.05) is 17.4 Å². The summed E-state index contributed by atoms with van der Waals surface area (Å²) in [6.45, 7) is -0.322. The summed E-state index contributed by atoms with van der Waals surface area (Å²) in [6, 6.07) is 2.76. The Labute approximate surface area is 181 Å². The van der Waals surface area contributed by atoms with Gasteiger partial charge in [0.1, 0.15) is 12.4 Å². The van der Waals surface area contributed by atoms with Crippen molar-refractivity contribution in [1.82, 2.24) is 0 Å². The Morgan fingerprint density at radius 3 is 2.68 bits per heavy atom. The average molecular weight is 457 g/mol. The van der Waals surface area contributed by atoms with Gasteiger partial charge in [-0.2, -0.15) is 13.2 Å². The molecule has 3 rings (SSSR count). The molecule has 6 nitrogen and oxygen atoms in total. The third kappa shape index (κ3) is 5.98. The van der Waals surface area contributed by atoms with Crippen LogP contribution in [0.4, 0.5) is 18.9 Å². The van der Waals surface area contributed by atoms with Crippen molar-refractivity contribution in [2.75, 3.05) is 32.2 Å². The van der Waals surface area contributed by atoms with E-state index in [1.54, 1.807) is 5.38 Å². The number of anilines is 1. The molecule has 0 spiro atoms. The maximum absolute atomic E-state index is 13.1. The van der Waals surface area contributed by atoms with Gasteiger partial charge in [-0.05, 0) is 49.4 Å². The van der Waals surface area contributed by atoms with Crippen LogP contribution >= 0.6 is 11.3 Å². The minimum absolute atomic E-state index is 0.0524. The van der Waals surface area contributed by atoms with E-state index >= 15 is 0 Å². The molecule has 0 aliphatic heterocycles. The molecule has 1 heterocycles. The number of esters is 1. The van der Waals surface area contributed by atoms with Crippen LogP contribution < -0.4 is 10.1 Å². The normalized spacial score (nSPS) is 13.4. The molecule has 1 N–H and O–H groups in total. The van der Waals surface area contributed by atoms with Gasteiger partial charge >= 0.3 is 12.1 Å². The molecule has 0 bridgehead atoms. The van der Waals surface area contributed by atoms with E-state index in [9.17, 15) is 22.8 Å². The maximum Gasteiger partial charge on any atom is 0.416 e. The van der Waals surface area contributed by atoms with Gasteiger partial charge < -0.3 is 19.5 Å². The number of ether oxygens (including phenoxy) is 3. The highest BCUT2D eigenvalue weighted by atomic mass is 32.1.